The second-order valence-electron chi connectivity index (χ2n) is 9.99. The van der Waals surface area contributed by atoms with Crippen molar-refractivity contribution in [3.05, 3.63) is 111 Å². The highest BCUT2D eigenvalue weighted by molar-refractivity contribution is 9.10. The van der Waals surface area contributed by atoms with Crippen LogP contribution in [0.2, 0.25) is 0 Å². The SMILES string of the molecule is Cc1[nH]c([C@H]([C@@H](C)c2ccccc2)n2c(O)c(-c3ccc(OC(CO)CO)cc3)[nH]c2=O)nc1-c1ccc(Br)cc1F. The molecule has 0 aliphatic heterocycles. The zero-order valence-electron chi connectivity index (χ0n) is 22.9. The van der Waals surface area contributed by atoms with Gasteiger partial charge in [-0.1, -0.05) is 53.2 Å². The van der Waals surface area contributed by atoms with Crippen molar-refractivity contribution in [1.29, 1.82) is 0 Å². The van der Waals surface area contributed by atoms with E-state index in [1.54, 1.807) is 43.3 Å². The van der Waals surface area contributed by atoms with Crippen LogP contribution >= 0.6 is 15.9 Å². The molecule has 218 valence electrons. The lowest BCUT2D eigenvalue weighted by Crippen LogP contribution is -2.27. The van der Waals surface area contributed by atoms with Crippen LogP contribution < -0.4 is 10.4 Å². The highest BCUT2D eigenvalue weighted by Crippen LogP contribution is 2.39. The third-order valence-electron chi connectivity index (χ3n) is 7.20. The quantitative estimate of drug-likeness (QED) is 0.142. The summed E-state index contributed by atoms with van der Waals surface area (Å²) in [5.41, 5.74) is 2.39. The van der Waals surface area contributed by atoms with E-state index in [9.17, 15) is 24.5 Å². The highest BCUT2D eigenvalue weighted by atomic mass is 79.9. The number of aryl methyl sites for hydroxylation is 1. The summed E-state index contributed by atoms with van der Waals surface area (Å²) in [7, 11) is 0. The summed E-state index contributed by atoms with van der Waals surface area (Å²) in [6, 6.07) is 20.0. The molecule has 0 unspecified atom stereocenters. The van der Waals surface area contributed by atoms with E-state index in [2.05, 4.69) is 25.9 Å². The maximum absolute atomic E-state index is 14.9. The average Bonchev–Trinajstić information content (AvgIpc) is 3.51. The van der Waals surface area contributed by atoms with Crippen LogP contribution in [0.1, 0.15) is 36.0 Å². The molecule has 0 aliphatic carbocycles. The van der Waals surface area contributed by atoms with Gasteiger partial charge in [-0.05, 0) is 55.0 Å². The summed E-state index contributed by atoms with van der Waals surface area (Å²) in [6.07, 6.45) is -0.766. The molecule has 2 heterocycles. The Morgan fingerprint density at radius 1 is 1.02 bits per heavy atom. The van der Waals surface area contributed by atoms with E-state index in [0.29, 0.717) is 38.6 Å². The van der Waals surface area contributed by atoms with Crippen molar-refractivity contribution in [3.8, 4) is 34.1 Å². The predicted molar refractivity (Wildman–Crippen MR) is 160 cm³/mol. The number of rotatable bonds is 10. The van der Waals surface area contributed by atoms with Crippen molar-refractivity contribution in [2.45, 2.75) is 31.9 Å². The number of aromatic amines is 2. The Hall–Kier alpha value is -4.19. The fourth-order valence-corrected chi connectivity index (χ4v) is 5.35. The van der Waals surface area contributed by atoms with Crippen molar-refractivity contribution in [1.82, 2.24) is 19.5 Å². The molecular weight excluding hydrogens is 607 g/mol. The highest BCUT2D eigenvalue weighted by Gasteiger charge is 2.32. The fraction of sp³-hybridized carbons (Fsp3) is 0.226. The van der Waals surface area contributed by atoms with E-state index in [0.717, 1.165) is 5.56 Å². The second-order valence-corrected chi connectivity index (χ2v) is 10.9. The Morgan fingerprint density at radius 2 is 1.71 bits per heavy atom. The molecule has 0 bridgehead atoms. The van der Waals surface area contributed by atoms with Crippen LogP contribution in [0.3, 0.4) is 0 Å². The van der Waals surface area contributed by atoms with Crippen LogP contribution in [-0.2, 0) is 0 Å². The molecule has 5 rings (SSSR count). The van der Waals surface area contributed by atoms with Gasteiger partial charge in [-0.15, -0.1) is 0 Å². The summed E-state index contributed by atoms with van der Waals surface area (Å²) >= 11 is 3.28. The number of nitrogens with one attached hydrogen (secondary N) is 2. The number of nitrogens with zero attached hydrogens (tertiary/aromatic N) is 2. The average molecular weight is 638 g/mol. The molecule has 42 heavy (non-hydrogen) atoms. The van der Waals surface area contributed by atoms with Crippen molar-refractivity contribution in [2.24, 2.45) is 0 Å². The number of aliphatic hydroxyl groups is 2. The molecule has 2 atom stereocenters. The van der Waals surface area contributed by atoms with Crippen molar-refractivity contribution in [3.63, 3.8) is 0 Å². The van der Waals surface area contributed by atoms with Crippen LogP contribution in [0.25, 0.3) is 22.5 Å². The van der Waals surface area contributed by atoms with E-state index in [4.69, 9.17) is 9.72 Å². The fourth-order valence-electron chi connectivity index (χ4n) is 5.01. The van der Waals surface area contributed by atoms with Gasteiger partial charge in [0.15, 0.2) is 0 Å². The van der Waals surface area contributed by atoms with Crippen molar-refractivity contribution in [2.75, 3.05) is 13.2 Å². The van der Waals surface area contributed by atoms with Gasteiger partial charge in [0.2, 0.25) is 5.88 Å². The first-order valence-corrected chi connectivity index (χ1v) is 14.1. The number of imidazole rings is 2. The number of aromatic nitrogens is 4. The first-order valence-electron chi connectivity index (χ1n) is 13.3. The molecule has 3 aromatic carbocycles. The molecule has 5 N–H and O–H groups in total. The number of halogens is 2. The normalized spacial score (nSPS) is 12.9. The van der Waals surface area contributed by atoms with Crippen LogP contribution in [-0.4, -0.2) is 54.2 Å². The standard InChI is InChI=1S/C31H30BrFN4O5/c1-17(19-6-4-3-5-7-19)28(29-34-18(2)26(35-29)24-13-10-21(32)14-25(24)33)37-30(40)27(36-31(37)41)20-8-11-22(12-9-20)42-23(15-38)16-39/h3-14,17,23,28,38-40H,15-16H2,1-2H3,(H,34,35)(H,36,41)/t17-,28-/m0/s1. The summed E-state index contributed by atoms with van der Waals surface area (Å²) in [6.45, 7) is 3.02. The number of H-pyrrole nitrogens is 2. The zero-order valence-corrected chi connectivity index (χ0v) is 24.5. The van der Waals surface area contributed by atoms with Gasteiger partial charge in [0.25, 0.3) is 0 Å². The Balaban J connectivity index is 1.60. The molecule has 2 aromatic heterocycles. The van der Waals surface area contributed by atoms with Gasteiger partial charge in [-0.3, -0.25) is 4.57 Å². The molecule has 0 fully saturated rings. The number of aromatic hydroxyl groups is 1. The van der Waals surface area contributed by atoms with Crippen molar-refractivity contribution >= 4 is 15.9 Å². The van der Waals surface area contributed by atoms with Gasteiger partial charge in [-0.2, -0.15) is 0 Å². The predicted octanol–water partition coefficient (Wildman–Crippen LogP) is 5.27. The molecular formula is C31H30BrFN4O5. The number of aliphatic hydroxyl groups excluding tert-OH is 2. The number of hydrogen-bond acceptors (Lipinski definition) is 6. The number of ether oxygens (including phenoxy) is 1. The number of hydrogen-bond donors (Lipinski definition) is 5. The third kappa shape index (κ3) is 5.76. The molecule has 9 nitrogen and oxygen atoms in total. The minimum atomic E-state index is -0.784. The lowest BCUT2D eigenvalue weighted by molar-refractivity contribution is 0.0629. The third-order valence-corrected chi connectivity index (χ3v) is 7.70. The van der Waals surface area contributed by atoms with Crippen LogP contribution in [0.4, 0.5) is 4.39 Å². The molecule has 0 radical (unpaired) electrons. The van der Waals surface area contributed by atoms with Crippen LogP contribution in [0.5, 0.6) is 11.6 Å². The van der Waals surface area contributed by atoms with Gasteiger partial charge in [0.1, 0.15) is 35.2 Å². The maximum Gasteiger partial charge on any atom is 0.329 e. The molecule has 0 aliphatic rings. The summed E-state index contributed by atoms with van der Waals surface area (Å²) < 4.78 is 22.3. The Bertz CT molecular complexity index is 1730. The van der Waals surface area contributed by atoms with Gasteiger partial charge >= 0.3 is 5.69 Å². The topological polar surface area (TPSA) is 136 Å². The van der Waals surface area contributed by atoms with E-state index in [-0.39, 0.29) is 30.7 Å². The van der Waals surface area contributed by atoms with E-state index in [1.165, 1.54) is 10.6 Å². The molecule has 0 amide bonds. The minimum Gasteiger partial charge on any atom is -0.493 e. The lowest BCUT2D eigenvalue weighted by Gasteiger charge is -2.24. The van der Waals surface area contributed by atoms with E-state index >= 15 is 0 Å². The first-order chi connectivity index (χ1) is 20.2. The molecule has 0 saturated heterocycles. The van der Waals surface area contributed by atoms with Crippen LogP contribution in [0.15, 0.2) is 82.1 Å². The Kier molecular flexibility index (Phi) is 8.62. The first kappa shape index (κ1) is 29.3. The molecule has 11 heteroatoms. The number of benzene rings is 3. The molecule has 0 spiro atoms. The van der Waals surface area contributed by atoms with E-state index in [1.807, 2.05) is 37.3 Å². The minimum absolute atomic E-state index is 0.195. The largest absolute Gasteiger partial charge is 0.493 e. The van der Waals surface area contributed by atoms with E-state index < -0.39 is 23.7 Å². The van der Waals surface area contributed by atoms with Gasteiger partial charge in [0, 0.05) is 27.2 Å². The Morgan fingerprint density at radius 3 is 2.36 bits per heavy atom. The summed E-state index contributed by atoms with van der Waals surface area (Å²) in [5, 5.41) is 30.0. The smallest absolute Gasteiger partial charge is 0.329 e. The van der Waals surface area contributed by atoms with Crippen molar-refractivity contribution < 1.29 is 24.4 Å². The Labute approximate surface area is 249 Å². The lowest BCUT2D eigenvalue weighted by atomic mass is 9.92. The van der Waals surface area contributed by atoms with Crippen LogP contribution in [0, 0.1) is 12.7 Å². The maximum atomic E-state index is 14.9. The molecule has 0 saturated carbocycles. The van der Waals surface area contributed by atoms with Gasteiger partial charge < -0.3 is 30.0 Å². The van der Waals surface area contributed by atoms with Gasteiger partial charge in [-0.25, -0.2) is 14.2 Å². The zero-order chi connectivity index (χ0) is 30.0. The summed E-state index contributed by atoms with van der Waals surface area (Å²) in [4.78, 5) is 24.3. The monoisotopic (exact) mass is 636 g/mol. The molecule has 5 aromatic rings. The summed E-state index contributed by atoms with van der Waals surface area (Å²) in [5.74, 6) is -0.292. The van der Waals surface area contributed by atoms with Gasteiger partial charge in [0.05, 0.1) is 18.9 Å². The second kappa shape index (κ2) is 12.4.